The maximum Gasteiger partial charge on any atom is 0.335 e. The van der Waals surface area contributed by atoms with Crippen LogP contribution in [-0.2, 0) is 11.2 Å². The van der Waals surface area contributed by atoms with E-state index in [2.05, 4.69) is 0 Å². The molecular formula is C16H22O9. The van der Waals surface area contributed by atoms with E-state index in [0.717, 1.165) is 0 Å². The van der Waals surface area contributed by atoms with Gasteiger partial charge in [-0.2, -0.15) is 0 Å². The molecule has 1 heterocycles. The third-order valence-electron chi connectivity index (χ3n) is 4.25. The molecule has 0 bridgehead atoms. The predicted molar refractivity (Wildman–Crippen MR) is 84.0 cm³/mol. The standard InChI is InChI=1S/C16H22O9/c1-23-9-3-7(16(21)22)4-10(24-2)8(9)5-11-13(18)15(20)14(19)12(6-17)25-11/h3-4,11-15,17-20H,5-6H2,1-2H3,(H,21,22)/t11-,12+,13-,14+,15+/m0/s1. The van der Waals surface area contributed by atoms with Gasteiger partial charge in [0.1, 0.15) is 35.9 Å². The molecule has 0 unspecified atom stereocenters. The van der Waals surface area contributed by atoms with E-state index in [0.29, 0.717) is 5.56 Å². The molecule has 1 aromatic rings. The highest BCUT2D eigenvalue weighted by Gasteiger charge is 2.43. The molecule has 9 heteroatoms. The maximum absolute atomic E-state index is 11.2. The van der Waals surface area contributed by atoms with Gasteiger partial charge in [0.2, 0.25) is 0 Å². The van der Waals surface area contributed by atoms with Gasteiger partial charge in [0.25, 0.3) is 0 Å². The third kappa shape index (κ3) is 3.86. The molecule has 1 saturated heterocycles. The highest BCUT2D eigenvalue weighted by atomic mass is 16.5. The van der Waals surface area contributed by atoms with E-state index in [4.69, 9.17) is 19.3 Å². The predicted octanol–water partition coefficient (Wildman–Crippen LogP) is -1.21. The largest absolute Gasteiger partial charge is 0.496 e. The van der Waals surface area contributed by atoms with Gasteiger partial charge in [0.15, 0.2) is 0 Å². The Morgan fingerprint density at radius 3 is 2.00 bits per heavy atom. The van der Waals surface area contributed by atoms with Crippen LogP contribution in [0.15, 0.2) is 12.1 Å². The zero-order valence-electron chi connectivity index (χ0n) is 13.8. The lowest BCUT2D eigenvalue weighted by Gasteiger charge is -2.40. The Morgan fingerprint density at radius 2 is 1.56 bits per heavy atom. The Bertz CT molecular complexity index is 591. The summed E-state index contributed by atoms with van der Waals surface area (Å²) in [6.07, 6.45) is -6.34. The Balaban J connectivity index is 2.36. The van der Waals surface area contributed by atoms with Crippen LogP contribution < -0.4 is 9.47 Å². The van der Waals surface area contributed by atoms with Crippen molar-refractivity contribution in [2.24, 2.45) is 0 Å². The quantitative estimate of drug-likeness (QED) is 0.422. The van der Waals surface area contributed by atoms with E-state index in [-0.39, 0.29) is 23.5 Å². The molecule has 5 atom stereocenters. The molecule has 0 aromatic heterocycles. The molecule has 1 aliphatic rings. The summed E-state index contributed by atoms with van der Waals surface area (Å²) in [5, 5.41) is 48.3. The van der Waals surface area contributed by atoms with Crippen molar-refractivity contribution >= 4 is 5.97 Å². The number of aliphatic hydroxyl groups excluding tert-OH is 4. The lowest BCUT2D eigenvalue weighted by molar-refractivity contribution is -0.228. The monoisotopic (exact) mass is 358 g/mol. The van der Waals surface area contributed by atoms with Crippen LogP contribution in [0.4, 0.5) is 0 Å². The van der Waals surface area contributed by atoms with E-state index in [1.54, 1.807) is 0 Å². The SMILES string of the molecule is COc1cc(C(=O)O)cc(OC)c1C[C@@H]1O[C@H](CO)[C@@H](O)[C@H](O)[C@H]1O. The van der Waals surface area contributed by atoms with Crippen molar-refractivity contribution in [3.05, 3.63) is 23.3 Å². The molecule has 1 aromatic carbocycles. The molecule has 9 nitrogen and oxygen atoms in total. The molecule has 0 amide bonds. The fraction of sp³-hybridized carbons (Fsp3) is 0.562. The average Bonchev–Trinajstić information content (AvgIpc) is 2.61. The topological polar surface area (TPSA) is 146 Å². The van der Waals surface area contributed by atoms with Crippen molar-refractivity contribution in [2.75, 3.05) is 20.8 Å². The van der Waals surface area contributed by atoms with Crippen molar-refractivity contribution in [3.63, 3.8) is 0 Å². The van der Waals surface area contributed by atoms with Crippen molar-refractivity contribution in [3.8, 4) is 11.5 Å². The summed E-state index contributed by atoms with van der Waals surface area (Å²) >= 11 is 0. The lowest BCUT2D eigenvalue weighted by Crippen LogP contribution is -2.59. The van der Waals surface area contributed by atoms with Gasteiger partial charge >= 0.3 is 5.97 Å². The molecule has 1 fully saturated rings. The van der Waals surface area contributed by atoms with Crippen molar-refractivity contribution in [1.82, 2.24) is 0 Å². The number of methoxy groups -OCH3 is 2. The zero-order chi connectivity index (χ0) is 18.7. The van der Waals surface area contributed by atoms with Crippen molar-refractivity contribution < 1.29 is 44.5 Å². The molecule has 0 spiro atoms. The maximum atomic E-state index is 11.2. The minimum absolute atomic E-state index is 0.00763. The fourth-order valence-corrected chi connectivity index (χ4v) is 2.86. The summed E-state index contributed by atoms with van der Waals surface area (Å²) in [7, 11) is 2.72. The number of benzene rings is 1. The minimum Gasteiger partial charge on any atom is -0.496 e. The molecule has 5 N–H and O–H groups in total. The van der Waals surface area contributed by atoms with Gasteiger partial charge in [-0.15, -0.1) is 0 Å². The molecular weight excluding hydrogens is 336 g/mol. The zero-order valence-corrected chi connectivity index (χ0v) is 13.8. The molecule has 2 rings (SSSR count). The average molecular weight is 358 g/mol. The number of carboxylic acids is 1. The highest BCUT2D eigenvalue weighted by molar-refractivity contribution is 5.89. The summed E-state index contributed by atoms with van der Waals surface area (Å²) in [6.45, 7) is -0.534. The molecule has 1 aliphatic heterocycles. The van der Waals surface area contributed by atoms with E-state index in [1.807, 2.05) is 0 Å². The van der Waals surface area contributed by atoms with Gasteiger partial charge < -0.3 is 39.7 Å². The second-order valence-corrected chi connectivity index (χ2v) is 5.74. The van der Waals surface area contributed by atoms with Gasteiger partial charge in [-0.05, 0) is 12.1 Å². The third-order valence-corrected chi connectivity index (χ3v) is 4.25. The number of aliphatic hydroxyl groups is 4. The first-order valence-corrected chi connectivity index (χ1v) is 7.62. The molecule has 0 radical (unpaired) electrons. The van der Waals surface area contributed by atoms with E-state index in [9.17, 15) is 25.2 Å². The van der Waals surface area contributed by atoms with E-state index >= 15 is 0 Å². The van der Waals surface area contributed by atoms with Crippen LogP contribution in [0.2, 0.25) is 0 Å². The second-order valence-electron chi connectivity index (χ2n) is 5.74. The fourth-order valence-electron chi connectivity index (χ4n) is 2.86. The highest BCUT2D eigenvalue weighted by Crippen LogP contribution is 2.34. The summed E-state index contributed by atoms with van der Waals surface area (Å²) in [4.78, 5) is 11.2. The van der Waals surface area contributed by atoms with Crippen molar-refractivity contribution in [2.45, 2.75) is 36.9 Å². The summed E-state index contributed by atoms with van der Waals surface area (Å²) in [5.41, 5.74) is 0.394. The molecule has 25 heavy (non-hydrogen) atoms. The molecule has 0 aliphatic carbocycles. The van der Waals surface area contributed by atoms with Crippen LogP contribution in [0.25, 0.3) is 0 Å². The minimum atomic E-state index is -1.49. The normalized spacial score (nSPS) is 29.3. The van der Waals surface area contributed by atoms with Crippen LogP contribution in [0.1, 0.15) is 15.9 Å². The second kappa shape index (κ2) is 7.98. The van der Waals surface area contributed by atoms with E-state index in [1.165, 1.54) is 26.4 Å². The van der Waals surface area contributed by atoms with Gasteiger partial charge in [0.05, 0.1) is 32.5 Å². The number of ether oxygens (including phenoxy) is 3. The first-order chi connectivity index (χ1) is 11.8. The van der Waals surface area contributed by atoms with Gasteiger partial charge in [-0.3, -0.25) is 0 Å². The smallest absolute Gasteiger partial charge is 0.335 e. The number of hydrogen-bond donors (Lipinski definition) is 5. The Kier molecular flexibility index (Phi) is 6.20. The Morgan fingerprint density at radius 1 is 1.04 bits per heavy atom. The first-order valence-electron chi connectivity index (χ1n) is 7.62. The Labute approximate surface area is 144 Å². The van der Waals surface area contributed by atoms with Crippen LogP contribution in [0.3, 0.4) is 0 Å². The number of hydrogen-bond acceptors (Lipinski definition) is 8. The van der Waals surface area contributed by atoms with E-state index < -0.39 is 43.1 Å². The van der Waals surface area contributed by atoms with Crippen LogP contribution in [0.5, 0.6) is 11.5 Å². The number of carboxylic acid groups (broad SMARTS) is 1. The van der Waals surface area contributed by atoms with Gasteiger partial charge in [-0.1, -0.05) is 0 Å². The molecule has 0 saturated carbocycles. The lowest BCUT2D eigenvalue weighted by atomic mass is 9.91. The number of carbonyl (C=O) groups is 1. The number of aromatic carboxylic acids is 1. The Hall–Kier alpha value is -1.91. The van der Waals surface area contributed by atoms with Gasteiger partial charge in [0, 0.05) is 12.0 Å². The summed E-state index contributed by atoms with van der Waals surface area (Å²) < 4.78 is 15.9. The summed E-state index contributed by atoms with van der Waals surface area (Å²) in [6, 6.07) is 2.62. The van der Waals surface area contributed by atoms with Crippen LogP contribution >= 0.6 is 0 Å². The van der Waals surface area contributed by atoms with Crippen LogP contribution in [0, 0.1) is 0 Å². The number of rotatable bonds is 6. The van der Waals surface area contributed by atoms with Crippen LogP contribution in [-0.4, -0.2) is 82.8 Å². The summed E-state index contributed by atoms with van der Waals surface area (Å²) in [5.74, 6) is -0.724. The first kappa shape index (κ1) is 19.4. The van der Waals surface area contributed by atoms with Gasteiger partial charge in [-0.25, -0.2) is 4.79 Å². The van der Waals surface area contributed by atoms with Crippen molar-refractivity contribution in [1.29, 1.82) is 0 Å². The molecule has 140 valence electrons.